The van der Waals surface area contributed by atoms with Crippen LogP contribution in [0.3, 0.4) is 0 Å². The monoisotopic (exact) mass is 281 g/mol. The normalized spacial score (nSPS) is 17.5. The molecule has 0 heterocycles. The van der Waals surface area contributed by atoms with Gasteiger partial charge in [-0.25, -0.2) is 13.1 Å². The van der Waals surface area contributed by atoms with Gasteiger partial charge in [0.2, 0.25) is 10.0 Å². The van der Waals surface area contributed by atoms with Gasteiger partial charge in [0.15, 0.2) is 0 Å². The van der Waals surface area contributed by atoms with E-state index in [4.69, 9.17) is 0 Å². The van der Waals surface area contributed by atoms with E-state index in [0.29, 0.717) is 10.8 Å². The molecule has 106 valence electrons. The van der Waals surface area contributed by atoms with Crippen molar-refractivity contribution in [2.45, 2.75) is 58.4 Å². The standard InChI is InChI=1S/C15H23NO2S/c1-9-8-10(2)12(4)15(11(9)3)19(17,18)16-13(5)14-6-7-14/h8,13-14,16H,6-7H2,1-5H3/t13-/m1/s1. The Labute approximate surface area is 116 Å². The summed E-state index contributed by atoms with van der Waals surface area (Å²) < 4.78 is 28.1. The topological polar surface area (TPSA) is 46.2 Å². The quantitative estimate of drug-likeness (QED) is 0.922. The van der Waals surface area contributed by atoms with Crippen LogP contribution in [-0.4, -0.2) is 14.5 Å². The number of hydrogen-bond acceptors (Lipinski definition) is 2. The lowest BCUT2D eigenvalue weighted by Gasteiger charge is -2.19. The highest BCUT2D eigenvalue weighted by atomic mass is 32.2. The minimum absolute atomic E-state index is 0.0321. The molecule has 19 heavy (non-hydrogen) atoms. The molecule has 1 aliphatic carbocycles. The van der Waals surface area contributed by atoms with Gasteiger partial charge in [-0.3, -0.25) is 0 Å². The van der Waals surface area contributed by atoms with E-state index < -0.39 is 10.0 Å². The predicted octanol–water partition coefficient (Wildman–Crippen LogP) is 3.00. The Balaban J connectivity index is 2.44. The van der Waals surface area contributed by atoms with Crippen LogP contribution in [0.25, 0.3) is 0 Å². The zero-order chi connectivity index (χ0) is 14.4. The van der Waals surface area contributed by atoms with E-state index in [1.54, 1.807) is 0 Å². The second-order valence-electron chi connectivity index (χ2n) is 5.84. The maximum absolute atomic E-state index is 12.6. The van der Waals surface area contributed by atoms with E-state index >= 15 is 0 Å². The summed E-state index contributed by atoms with van der Waals surface area (Å²) in [5, 5.41) is 0. The van der Waals surface area contributed by atoms with Gasteiger partial charge in [0.25, 0.3) is 0 Å². The second kappa shape index (κ2) is 4.91. The van der Waals surface area contributed by atoms with Crippen molar-refractivity contribution in [1.29, 1.82) is 0 Å². The maximum atomic E-state index is 12.6. The van der Waals surface area contributed by atoms with Crippen molar-refractivity contribution in [3.8, 4) is 0 Å². The zero-order valence-corrected chi connectivity index (χ0v) is 13.2. The number of nitrogens with one attached hydrogen (secondary N) is 1. The van der Waals surface area contributed by atoms with Crippen LogP contribution in [0.1, 0.15) is 42.0 Å². The van der Waals surface area contributed by atoms with Crippen LogP contribution < -0.4 is 4.72 Å². The fourth-order valence-electron chi connectivity index (χ4n) is 2.58. The predicted molar refractivity (Wildman–Crippen MR) is 77.9 cm³/mol. The van der Waals surface area contributed by atoms with E-state index in [1.807, 2.05) is 40.7 Å². The molecular weight excluding hydrogens is 258 g/mol. The average molecular weight is 281 g/mol. The molecule has 0 amide bonds. The van der Waals surface area contributed by atoms with Gasteiger partial charge in [0.05, 0.1) is 4.90 Å². The largest absolute Gasteiger partial charge is 0.241 e. The fraction of sp³-hybridized carbons (Fsp3) is 0.600. The third kappa shape index (κ3) is 2.84. The fourth-order valence-corrected chi connectivity index (χ4v) is 4.51. The van der Waals surface area contributed by atoms with Crippen molar-refractivity contribution in [2.75, 3.05) is 0 Å². The molecule has 0 unspecified atom stereocenters. The van der Waals surface area contributed by atoms with E-state index in [9.17, 15) is 8.42 Å². The van der Waals surface area contributed by atoms with Crippen LogP contribution in [0.4, 0.5) is 0 Å². The van der Waals surface area contributed by atoms with Crippen molar-refractivity contribution in [3.63, 3.8) is 0 Å². The van der Waals surface area contributed by atoms with Gasteiger partial charge in [-0.15, -0.1) is 0 Å². The zero-order valence-electron chi connectivity index (χ0n) is 12.4. The number of benzene rings is 1. The lowest BCUT2D eigenvalue weighted by molar-refractivity contribution is 0.537. The third-order valence-electron chi connectivity index (χ3n) is 4.24. The SMILES string of the molecule is Cc1cc(C)c(C)c(S(=O)(=O)N[C@H](C)C2CC2)c1C. The Bertz CT molecular complexity index is 575. The summed E-state index contributed by atoms with van der Waals surface area (Å²) in [6, 6.07) is 2.08. The highest BCUT2D eigenvalue weighted by Gasteiger charge is 2.32. The molecule has 1 saturated carbocycles. The lowest BCUT2D eigenvalue weighted by Crippen LogP contribution is -2.35. The summed E-state index contributed by atoms with van der Waals surface area (Å²) >= 11 is 0. The number of sulfonamides is 1. The van der Waals surface area contributed by atoms with Crippen LogP contribution in [0.15, 0.2) is 11.0 Å². The van der Waals surface area contributed by atoms with Crippen LogP contribution >= 0.6 is 0 Å². The molecule has 2 rings (SSSR count). The van der Waals surface area contributed by atoms with Crippen molar-refractivity contribution in [1.82, 2.24) is 4.72 Å². The summed E-state index contributed by atoms with van der Waals surface area (Å²) in [5.74, 6) is 0.515. The molecule has 4 heteroatoms. The first-order valence-corrected chi connectivity index (χ1v) is 8.32. The Morgan fingerprint density at radius 2 is 1.58 bits per heavy atom. The summed E-state index contributed by atoms with van der Waals surface area (Å²) in [5.41, 5.74) is 3.78. The van der Waals surface area contributed by atoms with Gasteiger partial charge < -0.3 is 0 Å². The molecule has 0 spiro atoms. The molecule has 1 atom stereocenters. The number of aryl methyl sites for hydroxylation is 2. The summed E-state index contributed by atoms with van der Waals surface area (Å²) in [6.07, 6.45) is 2.27. The van der Waals surface area contributed by atoms with Gasteiger partial charge in [0, 0.05) is 6.04 Å². The molecular formula is C15H23NO2S. The van der Waals surface area contributed by atoms with Crippen LogP contribution in [0.5, 0.6) is 0 Å². The van der Waals surface area contributed by atoms with Crippen molar-refractivity contribution >= 4 is 10.0 Å². The molecule has 1 aliphatic rings. The first-order chi connectivity index (χ1) is 8.74. The van der Waals surface area contributed by atoms with Gasteiger partial charge in [-0.05, 0) is 75.6 Å². The summed E-state index contributed by atoms with van der Waals surface area (Å²) in [6.45, 7) is 9.66. The van der Waals surface area contributed by atoms with Gasteiger partial charge in [0.1, 0.15) is 0 Å². The molecule has 0 aliphatic heterocycles. The minimum atomic E-state index is -3.42. The van der Waals surface area contributed by atoms with Crippen molar-refractivity contribution < 1.29 is 8.42 Å². The Morgan fingerprint density at radius 3 is 2.00 bits per heavy atom. The smallest absolute Gasteiger partial charge is 0.208 e. The minimum Gasteiger partial charge on any atom is -0.208 e. The molecule has 0 aromatic heterocycles. The van der Waals surface area contributed by atoms with Crippen LogP contribution in [-0.2, 0) is 10.0 Å². The Kier molecular flexibility index (Phi) is 3.76. The first kappa shape index (κ1) is 14.5. The van der Waals surface area contributed by atoms with Crippen molar-refractivity contribution in [2.24, 2.45) is 5.92 Å². The average Bonchev–Trinajstić information content (AvgIpc) is 3.09. The molecule has 1 fully saturated rings. The van der Waals surface area contributed by atoms with Gasteiger partial charge >= 0.3 is 0 Å². The lowest BCUT2D eigenvalue weighted by atomic mass is 10.0. The molecule has 0 saturated heterocycles. The van der Waals surface area contributed by atoms with Crippen LogP contribution in [0, 0.1) is 33.6 Å². The molecule has 0 bridgehead atoms. The first-order valence-electron chi connectivity index (χ1n) is 6.83. The van der Waals surface area contributed by atoms with E-state index in [1.165, 1.54) is 0 Å². The highest BCUT2D eigenvalue weighted by Crippen LogP contribution is 2.34. The Hall–Kier alpha value is -0.870. The molecule has 1 aromatic rings. The summed E-state index contributed by atoms with van der Waals surface area (Å²) in [7, 11) is -3.42. The Morgan fingerprint density at radius 1 is 1.11 bits per heavy atom. The number of hydrogen-bond donors (Lipinski definition) is 1. The summed E-state index contributed by atoms with van der Waals surface area (Å²) in [4.78, 5) is 0.470. The molecule has 0 radical (unpaired) electrons. The highest BCUT2D eigenvalue weighted by molar-refractivity contribution is 7.89. The molecule has 1 N–H and O–H groups in total. The van der Waals surface area contributed by atoms with Crippen LogP contribution in [0.2, 0.25) is 0 Å². The van der Waals surface area contributed by atoms with Crippen molar-refractivity contribution in [3.05, 3.63) is 28.3 Å². The third-order valence-corrected chi connectivity index (χ3v) is 6.07. The number of rotatable bonds is 4. The van der Waals surface area contributed by atoms with E-state index in [-0.39, 0.29) is 6.04 Å². The van der Waals surface area contributed by atoms with E-state index in [0.717, 1.165) is 35.1 Å². The molecule has 1 aromatic carbocycles. The van der Waals surface area contributed by atoms with Gasteiger partial charge in [-0.1, -0.05) is 6.07 Å². The maximum Gasteiger partial charge on any atom is 0.241 e. The van der Waals surface area contributed by atoms with Gasteiger partial charge in [-0.2, -0.15) is 0 Å². The second-order valence-corrected chi connectivity index (χ2v) is 7.49. The van der Waals surface area contributed by atoms with E-state index in [2.05, 4.69) is 4.72 Å². The molecule has 3 nitrogen and oxygen atoms in total.